The number of carbonyl (C=O) groups is 5. The van der Waals surface area contributed by atoms with E-state index in [0.717, 1.165) is 0 Å². The molecular weight excluding hydrogens is 709 g/mol. The van der Waals surface area contributed by atoms with Crippen LogP contribution in [0.4, 0.5) is 14.9 Å². The zero-order valence-electron chi connectivity index (χ0n) is 29.5. The van der Waals surface area contributed by atoms with Gasteiger partial charge in [0.1, 0.15) is 29.5 Å². The van der Waals surface area contributed by atoms with Crippen molar-refractivity contribution >= 4 is 45.5 Å². The van der Waals surface area contributed by atoms with Crippen LogP contribution in [-0.4, -0.2) is 88.6 Å². The first-order valence-electron chi connectivity index (χ1n) is 17.4. The monoisotopic (exact) mass is 757 g/mol. The van der Waals surface area contributed by atoms with Gasteiger partial charge < -0.3 is 25.4 Å². The van der Waals surface area contributed by atoms with Crippen LogP contribution >= 0.6 is 0 Å². The highest BCUT2D eigenvalue weighted by atomic mass is 32.2. The van der Waals surface area contributed by atoms with Crippen LogP contribution in [0.1, 0.15) is 88.7 Å². The summed E-state index contributed by atoms with van der Waals surface area (Å²) < 4.78 is 47.7. The topological polar surface area (TPSA) is 192 Å². The molecule has 0 radical (unpaired) electrons. The summed E-state index contributed by atoms with van der Waals surface area (Å²) in [6.45, 7) is 7.14. The summed E-state index contributed by atoms with van der Waals surface area (Å²) >= 11 is 0. The number of benzene rings is 2. The highest BCUT2D eigenvalue weighted by molar-refractivity contribution is 7.91. The fourth-order valence-electron chi connectivity index (χ4n) is 7.12. The van der Waals surface area contributed by atoms with Gasteiger partial charge in [-0.15, -0.1) is 0 Å². The summed E-state index contributed by atoms with van der Waals surface area (Å²) in [4.78, 5) is 69.8. The minimum absolute atomic E-state index is 0. The number of amides is 4. The first-order chi connectivity index (χ1) is 24.4. The molecule has 4 aliphatic rings. The van der Waals surface area contributed by atoms with E-state index in [-0.39, 0.29) is 51.4 Å². The molecule has 14 nitrogen and oxygen atoms in total. The van der Waals surface area contributed by atoms with E-state index < -0.39 is 80.0 Å². The molecule has 5 atom stereocenters. The van der Waals surface area contributed by atoms with E-state index >= 15 is 0 Å². The van der Waals surface area contributed by atoms with Crippen LogP contribution in [0, 0.1) is 17.2 Å². The maximum absolute atomic E-state index is 14.5. The molecule has 2 aliphatic heterocycles. The number of hydrogen-bond donors (Lipinski definition) is 4. The van der Waals surface area contributed by atoms with Crippen molar-refractivity contribution in [3.05, 3.63) is 65.0 Å². The van der Waals surface area contributed by atoms with E-state index in [1.54, 1.807) is 39.0 Å². The summed E-state index contributed by atoms with van der Waals surface area (Å²) in [6.07, 6.45) is -0.259. The molecule has 4 N–H and O–H groups in total. The largest absolute Gasteiger partial charge is 0.478 e. The maximum Gasteiger partial charge on any atom is 0.410 e. The third-order valence-corrected chi connectivity index (χ3v) is 12.2. The van der Waals surface area contributed by atoms with Crippen molar-refractivity contribution in [3.8, 4) is 0 Å². The van der Waals surface area contributed by atoms with Gasteiger partial charge in [-0.05, 0) is 60.4 Å². The molecule has 2 heterocycles. The summed E-state index contributed by atoms with van der Waals surface area (Å²) in [6, 6.07) is 8.32. The van der Waals surface area contributed by atoms with Gasteiger partial charge in [0.05, 0.1) is 23.9 Å². The molecule has 0 bridgehead atoms. The minimum Gasteiger partial charge on any atom is -0.478 e. The molecule has 0 unspecified atom stereocenters. The number of nitrogens with zero attached hydrogens (tertiary/aromatic N) is 2. The first kappa shape index (κ1) is 39.5. The molecule has 2 saturated carbocycles. The average Bonchev–Trinajstić information content (AvgIpc) is 3.97. The second-order valence-corrected chi connectivity index (χ2v) is 17.2. The summed E-state index contributed by atoms with van der Waals surface area (Å²) in [5, 5.41) is 14.8. The van der Waals surface area contributed by atoms with E-state index in [1.807, 2.05) is 6.92 Å². The number of likely N-dealkylation sites (tertiary alicyclic amines) is 1. The Balaban J connectivity index is 0.00000541. The highest BCUT2D eigenvalue weighted by Crippen LogP contribution is 2.47. The van der Waals surface area contributed by atoms with Crippen LogP contribution in [0.2, 0.25) is 0 Å². The lowest BCUT2D eigenvalue weighted by Crippen LogP contribution is -2.58. The van der Waals surface area contributed by atoms with Gasteiger partial charge in [0.15, 0.2) is 0 Å². The fraction of sp³-hybridized carbons (Fsp3) is 0.541. The predicted molar refractivity (Wildman–Crippen MR) is 192 cm³/mol. The zero-order chi connectivity index (χ0) is 37.7. The Hall–Kier alpha value is -4.73. The van der Waals surface area contributed by atoms with Crippen LogP contribution < -0.4 is 15.4 Å². The van der Waals surface area contributed by atoms with E-state index in [0.29, 0.717) is 36.1 Å². The lowest BCUT2D eigenvalue weighted by Gasteiger charge is -2.36. The molecule has 16 heteroatoms. The van der Waals surface area contributed by atoms with Crippen molar-refractivity contribution in [1.82, 2.24) is 19.8 Å². The molecule has 6 rings (SSSR count). The van der Waals surface area contributed by atoms with Crippen LogP contribution in [0.25, 0.3) is 0 Å². The van der Waals surface area contributed by atoms with Gasteiger partial charge in [-0.1, -0.05) is 59.7 Å². The molecule has 288 valence electrons. The lowest BCUT2D eigenvalue weighted by molar-refractivity contribution is -0.141. The number of carbonyl (C=O) groups excluding carboxylic acids is 4. The van der Waals surface area contributed by atoms with Crippen LogP contribution in [0.3, 0.4) is 0 Å². The number of fused-ring (bicyclic) bond motifs is 1. The second kappa shape index (κ2) is 14.6. The molecule has 4 amide bonds. The van der Waals surface area contributed by atoms with Crippen molar-refractivity contribution in [3.63, 3.8) is 0 Å². The van der Waals surface area contributed by atoms with Gasteiger partial charge in [-0.3, -0.25) is 24.0 Å². The maximum atomic E-state index is 14.5. The van der Waals surface area contributed by atoms with Gasteiger partial charge in [0.2, 0.25) is 21.8 Å². The highest BCUT2D eigenvalue weighted by Gasteiger charge is 2.62. The Morgan fingerprint density at radius 1 is 1.08 bits per heavy atom. The third kappa shape index (κ3) is 8.11. The van der Waals surface area contributed by atoms with Crippen LogP contribution in [0.15, 0.2) is 42.5 Å². The van der Waals surface area contributed by atoms with Gasteiger partial charge >= 0.3 is 12.1 Å². The molecule has 1 saturated heterocycles. The second-order valence-electron chi connectivity index (χ2n) is 15.3. The number of anilines is 1. The van der Waals surface area contributed by atoms with Crippen molar-refractivity contribution < 1.29 is 46.6 Å². The number of ether oxygens (including phenoxy) is 1. The van der Waals surface area contributed by atoms with E-state index in [1.165, 1.54) is 34.1 Å². The van der Waals surface area contributed by atoms with Crippen molar-refractivity contribution in [2.75, 3.05) is 11.9 Å². The van der Waals surface area contributed by atoms with Gasteiger partial charge in [0, 0.05) is 24.2 Å². The first-order valence-corrected chi connectivity index (χ1v) is 19.0. The van der Waals surface area contributed by atoms with E-state index in [9.17, 15) is 41.9 Å². The Morgan fingerprint density at radius 3 is 2.38 bits per heavy atom. The molecule has 53 heavy (non-hydrogen) atoms. The Kier molecular flexibility index (Phi) is 10.9. The Labute approximate surface area is 308 Å². The molecular formula is C37H48FN5O9S. The van der Waals surface area contributed by atoms with E-state index in [4.69, 9.17) is 4.74 Å². The van der Waals surface area contributed by atoms with Crippen molar-refractivity contribution in [2.45, 2.75) is 109 Å². The average molecular weight is 758 g/mol. The number of nitrogens with one attached hydrogen (secondary N) is 3. The van der Waals surface area contributed by atoms with Gasteiger partial charge in [-0.25, -0.2) is 22.4 Å². The standard InChI is InChI=1S/C36H44FN5O9S.CH4/c1-5-22-16-36(22,33(47)40-52(49,50)25-12-13-25)39-30(43)28-15-24(51-34(48)41-17-21-9-7-11-27(37)26(21)19-41)18-42(28)31(44)29(35(2,3)4)38-23-10-6-8-20(14-23)32(45)46;/h6-11,14,22,24-25,28-29,38H,5,12-13,15-19H2,1-4H3,(H,39,43)(H,40,47)(H,45,46);1H4/t22-,24-,28+,29-,36-;/m1./s1. The van der Waals surface area contributed by atoms with E-state index in [2.05, 4.69) is 15.4 Å². The Bertz CT molecular complexity index is 1910. The summed E-state index contributed by atoms with van der Waals surface area (Å²) in [5.74, 6) is -4.01. The summed E-state index contributed by atoms with van der Waals surface area (Å²) in [5.41, 5.74) is -0.893. The molecule has 2 aromatic carbocycles. The predicted octanol–water partition coefficient (Wildman–Crippen LogP) is 4.00. The number of sulfonamides is 1. The lowest BCUT2D eigenvalue weighted by atomic mass is 9.85. The SMILES string of the molecule is C.CC[C@@H]1C[C@]1(NC(=O)[C@@H]1C[C@@H](OC(=O)N2Cc3cccc(F)c3C2)CN1C(=O)[C@@H](Nc1cccc(C(=O)O)c1)C(C)(C)C)C(=O)NS(=O)(=O)C1CC1. The number of halogens is 1. The Morgan fingerprint density at radius 2 is 1.77 bits per heavy atom. The van der Waals surface area contributed by atoms with Gasteiger partial charge in [-0.2, -0.15) is 0 Å². The van der Waals surface area contributed by atoms with Gasteiger partial charge in [0.25, 0.3) is 5.91 Å². The number of rotatable bonds is 11. The minimum atomic E-state index is -3.90. The molecule has 0 aromatic heterocycles. The molecule has 3 fully saturated rings. The molecule has 2 aliphatic carbocycles. The normalized spacial score (nSPS) is 24.0. The fourth-order valence-corrected chi connectivity index (χ4v) is 8.48. The zero-order valence-corrected chi connectivity index (χ0v) is 30.3. The molecule has 0 spiro atoms. The number of carboxylic acids is 1. The van der Waals surface area contributed by atoms with Crippen LogP contribution in [-0.2, 0) is 42.2 Å². The quantitative estimate of drug-likeness (QED) is 0.261. The summed E-state index contributed by atoms with van der Waals surface area (Å²) in [7, 11) is -3.90. The molecule has 2 aromatic rings. The number of hydrogen-bond acceptors (Lipinski definition) is 9. The third-order valence-electron chi connectivity index (χ3n) is 10.4. The van der Waals surface area contributed by atoms with Crippen molar-refractivity contribution in [2.24, 2.45) is 11.3 Å². The smallest absolute Gasteiger partial charge is 0.410 e. The number of carboxylic acid groups (broad SMARTS) is 1. The van der Waals surface area contributed by atoms with Crippen LogP contribution in [0.5, 0.6) is 0 Å². The van der Waals surface area contributed by atoms with Crippen molar-refractivity contribution in [1.29, 1.82) is 0 Å². The number of aromatic carboxylic acids is 1.